The highest BCUT2D eigenvalue weighted by Gasteiger charge is 2.42. The maximum Gasteiger partial charge on any atom is 0.0679 e. The van der Waals surface area contributed by atoms with Crippen molar-refractivity contribution in [2.45, 2.75) is 62.2 Å². The van der Waals surface area contributed by atoms with Crippen molar-refractivity contribution >= 4 is 0 Å². The van der Waals surface area contributed by atoms with Crippen LogP contribution in [0.15, 0.2) is 42.7 Å². The van der Waals surface area contributed by atoms with E-state index in [1.165, 1.54) is 24.1 Å². The topological polar surface area (TPSA) is 87.9 Å². The predicted molar refractivity (Wildman–Crippen MR) is 109 cm³/mol. The lowest BCUT2D eigenvalue weighted by Gasteiger charge is -2.34. The highest BCUT2D eigenvalue weighted by Crippen LogP contribution is 2.38. The summed E-state index contributed by atoms with van der Waals surface area (Å²) in [6.45, 7) is 0.949. The molecule has 2 aromatic heterocycles. The first kappa shape index (κ1) is 18.2. The molecule has 5 unspecified atom stereocenters. The fraction of sp³-hybridized carbons (Fsp3) is 0.545. The second-order valence-corrected chi connectivity index (χ2v) is 8.63. The molecule has 4 heterocycles. The van der Waals surface area contributed by atoms with Crippen LogP contribution in [-0.2, 0) is 0 Å². The number of piperidine rings is 1. The van der Waals surface area contributed by atoms with Crippen LogP contribution in [0.2, 0.25) is 0 Å². The molecule has 3 fully saturated rings. The van der Waals surface area contributed by atoms with Crippen LogP contribution < -0.4 is 21.9 Å². The molecule has 0 radical (unpaired) electrons. The summed E-state index contributed by atoms with van der Waals surface area (Å²) in [7, 11) is 0. The number of nitrogens with zero attached hydrogens (tertiary/aromatic N) is 2. The van der Waals surface area contributed by atoms with Crippen molar-refractivity contribution in [3.8, 4) is 0 Å². The maximum absolute atomic E-state index is 6.22. The van der Waals surface area contributed by atoms with Gasteiger partial charge in [-0.15, -0.1) is 0 Å². The quantitative estimate of drug-likeness (QED) is 0.656. The number of hydrogen-bond donors (Lipinski definition) is 4. The Labute approximate surface area is 166 Å². The van der Waals surface area contributed by atoms with Crippen molar-refractivity contribution < 1.29 is 0 Å². The number of fused-ring (bicyclic) bond motifs is 1. The summed E-state index contributed by atoms with van der Waals surface area (Å²) < 4.78 is 0. The minimum Gasteiger partial charge on any atom is -0.328 e. The Bertz CT molecular complexity index is 797. The molecule has 2 aliphatic heterocycles. The van der Waals surface area contributed by atoms with Gasteiger partial charge in [0.05, 0.1) is 11.7 Å². The first-order valence-electron chi connectivity index (χ1n) is 10.6. The lowest BCUT2D eigenvalue weighted by molar-refractivity contribution is 0.264. The Hall–Kier alpha value is -1.86. The van der Waals surface area contributed by atoms with Crippen LogP contribution in [0.25, 0.3) is 0 Å². The number of aromatic nitrogens is 2. The minimum absolute atomic E-state index is 0.239. The van der Waals surface area contributed by atoms with Crippen LogP contribution in [-0.4, -0.2) is 28.6 Å². The van der Waals surface area contributed by atoms with Crippen LogP contribution in [0.5, 0.6) is 0 Å². The van der Waals surface area contributed by atoms with Crippen LogP contribution >= 0.6 is 0 Å². The smallest absolute Gasteiger partial charge is 0.0679 e. The van der Waals surface area contributed by atoms with Crippen LogP contribution in [0.3, 0.4) is 0 Å². The van der Waals surface area contributed by atoms with Gasteiger partial charge in [0, 0.05) is 54.6 Å². The molecule has 1 saturated carbocycles. The Balaban J connectivity index is 1.35. The van der Waals surface area contributed by atoms with Gasteiger partial charge in [-0.1, -0.05) is 18.6 Å². The predicted octanol–water partition coefficient (Wildman–Crippen LogP) is 2.33. The SMILES string of the molecule is N[C@@H]1CCCC(c2cccc(C3NNC4CNC(c5cccnc5)CC43)n2)C1. The molecule has 28 heavy (non-hydrogen) atoms. The third-order valence-electron chi connectivity index (χ3n) is 6.79. The molecule has 0 bridgehead atoms. The van der Waals surface area contributed by atoms with Gasteiger partial charge in [0.2, 0.25) is 0 Å². The molecular formula is C22H30N6. The zero-order valence-corrected chi connectivity index (χ0v) is 16.2. The molecule has 0 amide bonds. The molecule has 0 aromatic carbocycles. The third kappa shape index (κ3) is 3.57. The average molecular weight is 379 g/mol. The van der Waals surface area contributed by atoms with E-state index in [1.54, 1.807) is 0 Å². The Kier molecular flexibility index (Phi) is 5.11. The van der Waals surface area contributed by atoms with E-state index in [1.807, 2.05) is 18.5 Å². The molecule has 5 N–H and O–H groups in total. The number of pyridine rings is 2. The van der Waals surface area contributed by atoms with Crippen molar-refractivity contribution in [3.05, 3.63) is 59.7 Å². The van der Waals surface area contributed by atoms with Gasteiger partial charge >= 0.3 is 0 Å². The first-order chi connectivity index (χ1) is 13.8. The van der Waals surface area contributed by atoms with Crippen LogP contribution in [0.1, 0.15) is 67.1 Å². The van der Waals surface area contributed by atoms with E-state index < -0.39 is 0 Å². The summed E-state index contributed by atoms with van der Waals surface area (Å²) in [5.41, 5.74) is 16.9. The van der Waals surface area contributed by atoms with E-state index in [4.69, 9.17) is 10.7 Å². The molecule has 6 atom stereocenters. The summed E-state index contributed by atoms with van der Waals surface area (Å²) in [6.07, 6.45) is 9.52. The molecule has 3 aliphatic rings. The lowest BCUT2D eigenvalue weighted by atomic mass is 9.81. The number of rotatable bonds is 3. The fourth-order valence-electron chi connectivity index (χ4n) is 5.27. The van der Waals surface area contributed by atoms with Crippen LogP contribution in [0, 0.1) is 5.92 Å². The summed E-state index contributed by atoms with van der Waals surface area (Å²) >= 11 is 0. The summed E-state index contributed by atoms with van der Waals surface area (Å²) in [6, 6.07) is 12.1. The van der Waals surface area contributed by atoms with Gasteiger partial charge < -0.3 is 11.1 Å². The van der Waals surface area contributed by atoms with Crippen molar-refractivity contribution in [2.75, 3.05) is 6.54 Å². The number of nitrogens with two attached hydrogens (primary N) is 1. The molecule has 5 rings (SSSR count). The van der Waals surface area contributed by atoms with E-state index in [-0.39, 0.29) is 6.04 Å². The van der Waals surface area contributed by atoms with Crippen molar-refractivity contribution in [1.82, 2.24) is 26.1 Å². The number of hydrogen-bond acceptors (Lipinski definition) is 6. The van der Waals surface area contributed by atoms with Gasteiger partial charge in [0.25, 0.3) is 0 Å². The van der Waals surface area contributed by atoms with Gasteiger partial charge in [-0.05, 0) is 49.4 Å². The minimum atomic E-state index is 0.239. The highest BCUT2D eigenvalue weighted by molar-refractivity contribution is 5.22. The average Bonchev–Trinajstić information content (AvgIpc) is 3.18. The number of hydrazine groups is 1. The molecule has 1 aliphatic carbocycles. The second kappa shape index (κ2) is 7.87. The Morgan fingerprint density at radius 2 is 1.93 bits per heavy atom. The molecule has 6 heteroatoms. The number of nitrogens with one attached hydrogen (secondary N) is 3. The summed E-state index contributed by atoms with van der Waals surface area (Å²) in [5, 5.41) is 3.67. The molecular weight excluding hydrogens is 348 g/mol. The first-order valence-corrected chi connectivity index (χ1v) is 10.6. The van der Waals surface area contributed by atoms with E-state index >= 15 is 0 Å². The normalized spacial score (nSPS) is 35.5. The van der Waals surface area contributed by atoms with Crippen LogP contribution in [0.4, 0.5) is 0 Å². The maximum atomic E-state index is 6.22. The van der Waals surface area contributed by atoms with E-state index in [9.17, 15) is 0 Å². The Morgan fingerprint density at radius 1 is 1.00 bits per heavy atom. The Morgan fingerprint density at radius 3 is 2.79 bits per heavy atom. The van der Waals surface area contributed by atoms with Crippen molar-refractivity contribution in [1.29, 1.82) is 0 Å². The zero-order chi connectivity index (χ0) is 18.9. The monoisotopic (exact) mass is 378 g/mol. The zero-order valence-electron chi connectivity index (χ0n) is 16.2. The van der Waals surface area contributed by atoms with E-state index in [0.29, 0.717) is 30.0 Å². The fourth-order valence-corrected chi connectivity index (χ4v) is 5.27. The molecule has 2 saturated heterocycles. The van der Waals surface area contributed by atoms with E-state index in [2.05, 4.69) is 45.4 Å². The molecule has 2 aromatic rings. The molecule has 6 nitrogen and oxygen atoms in total. The van der Waals surface area contributed by atoms with Gasteiger partial charge in [0.15, 0.2) is 0 Å². The largest absolute Gasteiger partial charge is 0.328 e. The second-order valence-electron chi connectivity index (χ2n) is 8.63. The highest BCUT2D eigenvalue weighted by atomic mass is 15.4. The van der Waals surface area contributed by atoms with Gasteiger partial charge in [0.1, 0.15) is 0 Å². The van der Waals surface area contributed by atoms with Gasteiger partial charge in [-0.2, -0.15) is 0 Å². The van der Waals surface area contributed by atoms with E-state index in [0.717, 1.165) is 31.5 Å². The van der Waals surface area contributed by atoms with Crippen molar-refractivity contribution in [2.24, 2.45) is 11.7 Å². The molecule has 148 valence electrons. The summed E-state index contributed by atoms with van der Waals surface area (Å²) in [5.74, 6) is 1.01. The summed E-state index contributed by atoms with van der Waals surface area (Å²) in [4.78, 5) is 9.41. The lowest BCUT2D eigenvalue weighted by Crippen LogP contribution is -2.46. The molecule has 0 spiro atoms. The van der Waals surface area contributed by atoms with Gasteiger partial charge in [-0.3, -0.25) is 15.4 Å². The van der Waals surface area contributed by atoms with Crippen molar-refractivity contribution in [3.63, 3.8) is 0 Å². The standard InChI is InChI=1S/C22H30N6/c23-16-6-1-4-14(10-16)18-7-2-8-19(26-18)22-17-11-20(15-5-3-9-24-12-15)25-13-21(17)27-28-22/h2-3,5,7-9,12,14,16-17,20-22,25,27-28H,1,4,6,10-11,13,23H2/t14?,16-,17?,20?,21?,22?/m1/s1. The third-order valence-corrected chi connectivity index (χ3v) is 6.79. The van der Waals surface area contributed by atoms with Gasteiger partial charge in [-0.25, -0.2) is 5.43 Å².